The van der Waals surface area contributed by atoms with Crippen LogP contribution in [-0.4, -0.2) is 38.0 Å². The second-order valence-electron chi connectivity index (χ2n) is 7.06. The summed E-state index contributed by atoms with van der Waals surface area (Å²) >= 11 is 0. The van der Waals surface area contributed by atoms with Gasteiger partial charge in [-0.1, -0.05) is 6.07 Å². The minimum Gasteiger partial charge on any atom is -0.361 e. The molecule has 4 rings (SSSR count). The van der Waals surface area contributed by atoms with Gasteiger partial charge in [0.1, 0.15) is 0 Å². The van der Waals surface area contributed by atoms with Crippen molar-refractivity contribution in [3.63, 3.8) is 0 Å². The van der Waals surface area contributed by atoms with Crippen LogP contribution in [-0.2, 0) is 17.9 Å². The van der Waals surface area contributed by atoms with Gasteiger partial charge in [-0.25, -0.2) is 0 Å². The Balaban J connectivity index is 1.50. The number of nitrogens with one attached hydrogen (secondary N) is 2. The molecule has 3 heterocycles. The quantitative estimate of drug-likeness (QED) is 0.748. The number of benzene rings is 1. The maximum absolute atomic E-state index is 12.7. The Hall–Kier alpha value is -3.09. The molecule has 0 radical (unpaired) electrons. The van der Waals surface area contributed by atoms with E-state index in [1.165, 1.54) is 0 Å². The van der Waals surface area contributed by atoms with E-state index in [1.807, 2.05) is 36.0 Å². The summed E-state index contributed by atoms with van der Waals surface area (Å²) in [6, 6.07) is 9.77. The smallest absolute Gasteiger partial charge is 0.272 e. The molecule has 1 aliphatic rings. The minimum absolute atomic E-state index is 0.0458. The highest BCUT2D eigenvalue weighted by molar-refractivity contribution is 5.92. The van der Waals surface area contributed by atoms with Crippen LogP contribution in [0.3, 0.4) is 0 Å². The predicted octanol–water partition coefficient (Wildman–Crippen LogP) is 2.61. The molecule has 0 spiro atoms. The number of fused-ring (bicyclic) bond motifs is 2. The molecule has 0 saturated carbocycles. The van der Waals surface area contributed by atoms with Gasteiger partial charge < -0.3 is 15.2 Å². The molecule has 0 bridgehead atoms. The average Bonchev–Trinajstić information content (AvgIpc) is 3.22. The third-order valence-corrected chi connectivity index (χ3v) is 5.12. The van der Waals surface area contributed by atoms with Gasteiger partial charge in [-0.2, -0.15) is 5.10 Å². The van der Waals surface area contributed by atoms with E-state index < -0.39 is 0 Å². The van der Waals surface area contributed by atoms with Crippen LogP contribution in [0.15, 0.2) is 36.5 Å². The van der Waals surface area contributed by atoms with E-state index in [4.69, 9.17) is 0 Å². The zero-order valence-corrected chi connectivity index (χ0v) is 15.5. The lowest BCUT2D eigenvalue weighted by molar-refractivity contribution is -0.129. The fraction of sp³-hybridized carbons (Fsp3) is 0.350. The van der Waals surface area contributed by atoms with Gasteiger partial charge in [-0.05, 0) is 48.6 Å². The lowest BCUT2D eigenvalue weighted by atomic mass is 10.1. The number of carbonyl (C=O) groups is 2. The molecule has 7 heteroatoms. The third kappa shape index (κ3) is 3.45. The number of aromatic amines is 1. The van der Waals surface area contributed by atoms with Gasteiger partial charge in [0.25, 0.3) is 5.91 Å². The monoisotopic (exact) mass is 365 g/mol. The Morgan fingerprint density at radius 2 is 2.07 bits per heavy atom. The van der Waals surface area contributed by atoms with E-state index in [1.54, 1.807) is 17.9 Å². The van der Waals surface area contributed by atoms with Crippen LogP contribution in [0.1, 0.15) is 48.1 Å². The van der Waals surface area contributed by atoms with Crippen LogP contribution < -0.4 is 5.32 Å². The fourth-order valence-corrected chi connectivity index (χ4v) is 3.54. The molecule has 7 nitrogen and oxygen atoms in total. The SMILES string of the molecule is CC(=O)N1CCCn2nc(C(=O)NC(C)c3ccc4[nH]ccc4c3)cc2C1. The maximum atomic E-state index is 12.7. The van der Waals surface area contributed by atoms with E-state index in [0.29, 0.717) is 18.8 Å². The highest BCUT2D eigenvalue weighted by Gasteiger charge is 2.21. The molecule has 1 atom stereocenters. The van der Waals surface area contributed by atoms with Crippen molar-refractivity contribution in [2.24, 2.45) is 0 Å². The van der Waals surface area contributed by atoms with Crippen LogP contribution in [0.2, 0.25) is 0 Å². The molecule has 0 aliphatic carbocycles. The summed E-state index contributed by atoms with van der Waals surface area (Å²) in [6.45, 7) is 5.47. The third-order valence-electron chi connectivity index (χ3n) is 5.12. The van der Waals surface area contributed by atoms with Crippen molar-refractivity contribution < 1.29 is 9.59 Å². The molecule has 3 aromatic rings. The first kappa shape index (κ1) is 17.3. The Labute approximate surface area is 157 Å². The molecule has 1 aromatic carbocycles. The number of H-pyrrole nitrogens is 1. The highest BCUT2D eigenvalue weighted by atomic mass is 16.2. The zero-order chi connectivity index (χ0) is 19.0. The summed E-state index contributed by atoms with van der Waals surface area (Å²) < 4.78 is 1.84. The molecule has 2 amide bonds. The number of amides is 2. The molecular formula is C20H23N5O2. The average molecular weight is 365 g/mol. The van der Waals surface area contributed by atoms with Crippen molar-refractivity contribution in [1.82, 2.24) is 25.0 Å². The topological polar surface area (TPSA) is 83.0 Å². The van der Waals surface area contributed by atoms with Crippen molar-refractivity contribution >= 4 is 22.7 Å². The zero-order valence-electron chi connectivity index (χ0n) is 15.5. The molecule has 0 fully saturated rings. The van der Waals surface area contributed by atoms with Gasteiger partial charge in [0.2, 0.25) is 5.91 Å². The van der Waals surface area contributed by atoms with E-state index in [9.17, 15) is 9.59 Å². The molecule has 0 saturated heterocycles. The predicted molar refractivity (Wildman–Crippen MR) is 102 cm³/mol. The number of carbonyl (C=O) groups excluding carboxylic acids is 2. The van der Waals surface area contributed by atoms with Gasteiger partial charge in [0.05, 0.1) is 18.3 Å². The minimum atomic E-state index is -0.202. The molecule has 1 unspecified atom stereocenters. The molecule has 140 valence electrons. The van der Waals surface area contributed by atoms with Crippen LogP contribution in [0.4, 0.5) is 0 Å². The van der Waals surface area contributed by atoms with E-state index in [0.717, 1.165) is 35.1 Å². The lowest BCUT2D eigenvalue weighted by Gasteiger charge is -2.17. The highest BCUT2D eigenvalue weighted by Crippen LogP contribution is 2.20. The molecule has 2 N–H and O–H groups in total. The summed E-state index contributed by atoms with van der Waals surface area (Å²) in [5.41, 5.74) is 3.41. The first-order valence-corrected chi connectivity index (χ1v) is 9.21. The molecule has 1 aliphatic heterocycles. The van der Waals surface area contributed by atoms with Gasteiger partial charge in [0.15, 0.2) is 5.69 Å². The van der Waals surface area contributed by atoms with E-state index >= 15 is 0 Å². The van der Waals surface area contributed by atoms with Crippen LogP contribution in [0.25, 0.3) is 10.9 Å². The summed E-state index contributed by atoms with van der Waals surface area (Å²) in [7, 11) is 0. The van der Waals surface area contributed by atoms with Crippen LogP contribution in [0.5, 0.6) is 0 Å². The second kappa shape index (κ2) is 6.90. The normalized spacial score (nSPS) is 15.3. The maximum Gasteiger partial charge on any atom is 0.272 e. The molecular weight excluding hydrogens is 342 g/mol. The summed E-state index contributed by atoms with van der Waals surface area (Å²) in [5, 5.41) is 8.59. The van der Waals surface area contributed by atoms with Gasteiger partial charge in [-0.15, -0.1) is 0 Å². The Kier molecular flexibility index (Phi) is 4.43. The number of rotatable bonds is 3. The van der Waals surface area contributed by atoms with Crippen molar-refractivity contribution in [3.8, 4) is 0 Å². The lowest BCUT2D eigenvalue weighted by Crippen LogP contribution is -2.28. The fourth-order valence-electron chi connectivity index (χ4n) is 3.54. The number of aromatic nitrogens is 3. The number of nitrogens with zero attached hydrogens (tertiary/aromatic N) is 3. The van der Waals surface area contributed by atoms with E-state index in [-0.39, 0.29) is 17.9 Å². The van der Waals surface area contributed by atoms with Gasteiger partial charge in [0, 0.05) is 31.7 Å². The Morgan fingerprint density at radius 1 is 1.22 bits per heavy atom. The van der Waals surface area contributed by atoms with Gasteiger partial charge >= 0.3 is 0 Å². The van der Waals surface area contributed by atoms with Crippen molar-refractivity contribution in [2.75, 3.05) is 6.54 Å². The summed E-state index contributed by atoms with van der Waals surface area (Å²) in [4.78, 5) is 29.3. The molecule has 2 aromatic heterocycles. The first-order chi connectivity index (χ1) is 13.0. The summed E-state index contributed by atoms with van der Waals surface area (Å²) in [6.07, 6.45) is 2.74. The largest absolute Gasteiger partial charge is 0.361 e. The Morgan fingerprint density at radius 3 is 2.89 bits per heavy atom. The van der Waals surface area contributed by atoms with E-state index in [2.05, 4.69) is 21.5 Å². The standard InChI is InChI=1S/C20H23N5O2/c1-13(15-4-5-18-16(10-15)6-7-21-18)22-20(27)19-11-17-12-24(14(2)26)8-3-9-25(17)23-19/h4-7,10-11,13,21H,3,8-9,12H2,1-2H3,(H,22,27). The van der Waals surface area contributed by atoms with Crippen molar-refractivity contribution in [2.45, 2.75) is 39.4 Å². The van der Waals surface area contributed by atoms with Gasteiger partial charge in [-0.3, -0.25) is 14.3 Å². The second-order valence-corrected chi connectivity index (χ2v) is 7.06. The van der Waals surface area contributed by atoms with Crippen molar-refractivity contribution in [3.05, 3.63) is 53.5 Å². The first-order valence-electron chi connectivity index (χ1n) is 9.21. The van der Waals surface area contributed by atoms with Crippen molar-refractivity contribution in [1.29, 1.82) is 0 Å². The number of hydrogen-bond acceptors (Lipinski definition) is 3. The number of hydrogen-bond donors (Lipinski definition) is 2. The molecule has 27 heavy (non-hydrogen) atoms. The summed E-state index contributed by atoms with van der Waals surface area (Å²) in [5.74, 6) is -0.156. The number of aryl methyl sites for hydroxylation is 1. The Bertz CT molecular complexity index is 1000. The van der Waals surface area contributed by atoms with Crippen LogP contribution >= 0.6 is 0 Å². The van der Waals surface area contributed by atoms with Crippen LogP contribution in [0, 0.1) is 0 Å².